The highest BCUT2D eigenvalue weighted by atomic mass is 32.2. The molecular formula is C22H22F6N4O3S. The third-order valence-corrected chi connectivity index (χ3v) is 7.66. The Morgan fingerprint density at radius 3 is 2.14 bits per heavy atom. The predicted molar refractivity (Wildman–Crippen MR) is 119 cm³/mol. The third kappa shape index (κ3) is 4.82. The van der Waals surface area contributed by atoms with E-state index in [2.05, 4.69) is 16.8 Å². The van der Waals surface area contributed by atoms with Crippen LogP contribution < -0.4 is 10.6 Å². The molecule has 36 heavy (non-hydrogen) atoms. The Labute approximate surface area is 203 Å². The van der Waals surface area contributed by atoms with Crippen LogP contribution in [0.4, 0.5) is 37.8 Å². The van der Waals surface area contributed by atoms with Crippen molar-refractivity contribution in [1.29, 1.82) is 0 Å². The van der Waals surface area contributed by atoms with Crippen LogP contribution in [0.2, 0.25) is 0 Å². The molecule has 1 atom stereocenters. The molecule has 3 rings (SSSR count). The van der Waals surface area contributed by atoms with Gasteiger partial charge in [-0.05, 0) is 37.6 Å². The first-order valence-corrected chi connectivity index (χ1v) is 11.9. The van der Waals surface area contributed by atoms with E-state index >= 15 is 0 Å². The number of hydrogen-bond acceptors (Lipinski definition) is 6. The number of alkyl halides is 6. The van der Waals surface area contributed by atoms with Gasteiger partial charge in [-0.1, -0.05) is 24.1 Å². The largest absolute Gasteiger partial charge is 0.430 e. The van der Waals surface area contributed by atoms with Gasteiger partial charge in [-0.2, -0.15) is 30.6 Å². The van der Waals surface area contributed by atoms with Crippen molar-refractivity contribution in [1.82, 2.24) is 9.29 Å². The van der Waals surface area contributed by atoms with Crippen LogP contribution in [0, 0.1) is 18.8 Å². The van der Waals surface area contributed by atoms with Crippen molar-refractivity contribution in [2.24, 2.45) is 0 Å². The van der Waals surface area contributed by atoms with Crippen molar-refractivity contribution < 1.29 is 39.9 Å². The fourth-order valence-electron chi connectivity index (χ4n) is 3.87. The third-order valence-electron chi connectivity index (χ3n) is 5.75. The summed E-state index contributed by atoms with van der Waals surface area (Å²) in [5.41, 5.74) is -0.221. The van der Waals surface area contributed by atoms with Gasteiger partial charge in [-0.3, -0.25) is 0 Å². The van der Waals surface area contributed by atoms with Crippen LogP contribution in [0.5, 0.6) is 0 Å². The normalized spacial score (nSPS) is 18.0. The first-order valence-electron chi connectivity index (χ1n) is 10.4. The Bertz CT molecular complexity index is 1270. The van der Waals surface area contributed by atoms with Crippen LogP contribution in [-0.2, 0) is 15.6 Å². The van der Waals surface area contributed by atoms with Gasteiger partial charge >= 0.3 is 12.4 Å². The molecule has 0 aliphatic carbocycles. The zero-order chi connectivity index (χ0) is 27.1. The van der Waals surface area contributed by atoms with Gasteiger partial charge in [0.1, 0.15) is 11.9 Å². The standard InChI is InChI=1S/C22H22F6N4O3S/c1-3-4-17-13-31(36(34,35)19-14(2)5-10-18(29)30-19)11-12-32(17)16-8-6-15(7-9-16)20(33,21(23,24)25)22(26,27)28/h5-10,17,33H,11-13H2,1-2H3,(H2,29,30)/t17-/m0/s1. The number of nitrogens with zero attached hydrogens (tertiary/aromatic N) is 3. The molecule has 1 aliphatic rings. The second-order valence-electron chi connectivity index (χ2n) is 8.08. The van der Waals surface area contributed by atoms with Gasteiger partial charge in [-0.15, -0.1) is 5.92 Å². The van der Waals surface area contributed by atoms with Crippen LogP contribution in [0.3, 0.4) is 0 Å². The van der Waals surface area contributed by atoms with Crippen molar-refractivity contribution in [2.75, 3.05) is 30.3 Å². The summed E-state index contributed by atoms with van der Waals surface area (Å²) in [7, 11) is -4.07. The summed E-state index contributed by atoms with van der Waals surface area (Å²) >= 11 is 0. The molecule has 1 fully saturated rings. The van der Waals surface area contributed by atoms with Crippen LogP contribution in [0.15, 0.2) is 41.4 Å². The van der Waals surface area contributed by atoms with Gasteiger partial charge in [0.2, 0.25) is 0 Å². The number of halogens is 6. The molecule has 1 aromatic heterocycles. The van der Waals surface area contributed by atoms with Crippen LogP contribution >= 0.6 is 0 Å². The van der Waals surface area contributed by atoms with Gasteiger partial charge in [-0.25, -0.2) is 13.4 Å². The minimum Gasteiger partial charge on any atom is -0.384 e. The number of aromatic nitrogens is 1. The summed E-state index contributed by atoms with van der Waals surface area (Å²) < 4.78 is 107. The number of anilines is 2. The molecule has 0 unspecified atom stereocenters. The molecule has 0 spiro atoms. The van der Waals surface area contributed by atoms with Crippen molar-refractivity contribution in [3.63, 3.8) is 0 Å². The van der Waals surface area contributed by atoms with Crippen LogP contribution in [0.1, 0.15) is 18.1 Å². The van der Waals surface area contributed by atoms with Gasteiger partial charge in [0.25, 0.3) is 15.6 Å². The summed E-state index contributed by atoms with van der Waals surface area (Å²) in [6.45, 7) is 2.89. The molecule has 0 bridgehead atoms. The zero-order valence-corrected chi connectivity index (χ0v) is 19.8. The number of aliphatic hydroxyl groups is 1. The molecule has 3 N–H and O–H groups in total. The lowest BCUT2D eigenvalue weighted by molar-refractivity contribution is -0.376. The number of sulfonamides is 1. The van der Waals surface area contributed by atoms with Crippen molar-refractivity contribution in [3.8, 4) is 11.8 Å². The molecule has 196 valence electrons. The summed E-state index contributed by atoms with van der Waals surface area (Å²) in [6.07, 6.45) is -12.0. The van der Waals surface area contributed by atoms with Gasteiger partial charge < -0.3 is 15.7 Å². The number of nitrogens with two attached hydrogens (primary N) is 1. The maximum Gasteiger partial charge on any atom is 0.430 e. The quantitative estimate of drug-likeness (QED) is 0.460. The highest BCUT2D eigenvalue weighted by Gasteiger charge is 2.71. The van der Waals surface area contributed by atoms with Gasteiger partial charge in [0.05, 0.1) is 0 Å². The average Bonchev–Trinajstić information content (AvgIpc) is 2.79. The maximum atomic E-state index is 13.2. The summed E-state index contributed by atoms with van der Waals surface area (Å²) in [4.78, 5) is 5.49. The van der Waals surface area contributed by atoms with Gasteiger partial charge in [0.15, 0.2) is 5.03 Å². The molecule has 0 amide bonds. The minimum atomic E-state index is -6.00. The molecular weight excluding hydrogens is 514 g/mol. The average molecular weight is 536 g/mol. The van der Waals surface area contributed by atoms with E-state index in [1.807, 2.05) is 0 Å². The molecule has 2 heterocycles. The van der Waals surface area contributed by atoms with Crippen LogP contribution in [-0.4, -0.2) is 60.8 Å². The van der Waals surface area contributed by atoms with Crippen molar-refractivity contribution in [2.45, 2.75) is 42.9 Å². The van der Waals surface area contributed by atoms with Crippen molar-refractivity contribution in [3.05, 3.63) is 47.5 Å². The first-order chi connectivity index (χ1) is 16.5. The molecule has 1 aliphatic heterocycles. The molecule has 14 heteroatoms. The highest BCUT2D eigenvalue weighted by molar-refractivity contribution is 7.89. The monoisotopic (exact) mass is 536 g/mol. The highest BCUT2D eigenvalue weighted by Crippen LogP contribution is 2.50. The number of piperazine rings is 1. The van der Waals surface area contributed by atoms with Crippen LogP contribution in [0.25, 0.3) is 0 Å². The molecule has 1 aromatic carbocycles. The smallest absolute Gasteiger partial charge is 0.384 e. The number of pyridine rings is 1. The van der Waals surface area contributed by atoms with Crippen molar-refractivity contribution >= 4 is 21.5 Å². The van der Waals surface area contributed by atoms with Gasteiger partial charge in [0, 0.05) is 30.9 Å². The Kier molecular flexibility index (Phi) is 7.24. The number of aryl methyl sites for hydroxylation is 1. The lowest BCUT2D eigenvalue weighted by Gasteiger charge is -2.40. The SMILES string of the molecule is CC#C[C@H]1CN(S(=O)(=O)c2nc(N)ccc2C)CCN1c1ccc(C(O)(C(F)(F)F)C(F)(F)F)cc1. The lowest BCUT2D eigenvalue weighted by atomic mass is 9.92. The van der Waals surface area contributed by atoms with E-state index in [1.165, 1.54) is 19.1 Å². The Morgan fingerprint density at radius 1 is 1.03 bits per heavy atom. The van der Waals surface area contributed by atoms with E-state index in [0.717, 1.165) is 16.4 Å². The molecule has 0 radical (unpaired) electrons. The Morgan fingerprint density at radius 2 is 1.61 bits per heavy atom. The molecule has 2 aromatic rings. The molecule has 7 nitrogen and oxygen atoms in total. The lowest BCUT2D eigenvalue weighted by Crippen LogP contribution is -2.55. The number of benzene rings is 1. The fourth-order valence-corrected chi connectivity index (χ4v) is 5.47. The predicted octanol–water partition coefficient (Wildman–Crippen LogP) is 3.19. The Hall–Kier alpha value is -3.02. The second-order valence-corrected chi connectivity index (χ2v) is 9.93. The van der Waals surface area contributed by atoms with E-state index in [4.69, 9.17) is 5.73 Å². The summed E-state index contributed by atoms with van der Waals surface area (Å²) in [5, 5.41) is 9.37. The second kappa shape index (κ2) is 9.45. The maximum absolute atomic E-state index is 13.2. The van der Waals surface area contributed by atoms with E-state index in [9.17, 15) is 39.9 Å². The van der Waals surface area contributed by atoms with E-state index in [-0.39, 0.29) is 36.2 Å². The minimum absolute atomic E-state index is 0.0143. The zero-order valence-electron chi connectivity index (χ0n) is 19.0. The first kappa shape index (κ1) is 27.6. The topological polar surface area (TPSA) is 99.8 Å². The molecule has 1 saturated heterocycles. The molecule has 0 saturated carbocycles. The summed E-state index contributed by atoms with van der Waals surface area (Å²) in [5.74, 6) is 5.49. The number of rotatable bonds is 4. The van der Waals surface area contributed by atoms with E-state index < -0.39 is 39.6 Å². The number of nitrogen functional groups attached to an aromatic ring is 1. The Balaban J connectivity index is 1.92. The van der Waals surface area contributed by atoms with E-state index in [0.29, 0.717) is 17.7 Å². The summed E-state index contributed by atoms with van der Waals surface area (Å²) in [6, 6.07) is 5.27. The fraction of sp³-hybridized carbons (Fsp3) is 0.409. The number of hydrogen-bond donors (Lipinski definition) is 2. The van der Waals surface area contributed by atoms with E-state index in [1.54, 1.807) is 11.8 Å².